The van der Waals surface area contributed by atoms with Crippen LogP contribution in [0, 0.1) is 5.82 Å². The minimum Gasteiger partial charge on any atom is -0.479 e. The average Bonchev–Trinajstić information content (AvgIpc) is 3.30. The molecule has 2 aromatic carbocycles. The smallest absolute Gasteiger partial charge is 0.344 e. The molecule has 1 saturated heterocycles. The van der Waals surface area contributed by atoms with E-state index in [-0.39, 0.29) is 36.6 Å². The highest BCUT2D eigenvalue weighted by atomic mass is 19.1. The molecule has 1 aliphatic heterocycles. The van der Waals surface area contributed by atoms with Crippen molar-refractivity contribution in [1.29, 1.82) is 0 Å². The summed E-state index contributed by atoms with van der Waals surface area (Å²) in [7, 11) is 0. The maximum atomic E-state index is 13.9. The monoisotopic (exact) mass is 472 g/mol. The van der Waals surface area contributed by atoms with E-state index in [9.17, 15) is 18.8 Å². The fraction of sp³-hybridized carbons (Fsp3) is 0.400. The van der Waals surface area contributed by atoms with Crippen LogP contribution in [-0.4, -0.2) is 52.5 Å². The number of nitrogens with zero attached hydrogens (tertiary/aromatic N) is 1. The zero-order valence-electron chi connectivity index (χ0n) is 19.2. The molecule has 3 atom stereocenters. The summed E-state index contributed by atoms with van der Waals surface area (Å²) in [6.45, 7) is 2.23. The third-order valence-corrected chi connectivity index (χ3v) is 5.86. The van der Waals surface area contributed by atoms with Gasteiger partial charge in [0.05, 0.1) is 12.5 Å². The molecule has 2 aromatic rings. The molecule has 9 heteroatoms. The van der Waals surface area contributed by atoms with Gasteiger partial charge in [-0.1, -0.05) is 30.3 Å². The Labute approximate surface area is 197 Å². The first-order valence-corrected chi connectivity index (χ1v) is 11.4. The van der Waals surface area contributed by atoms with E-state index in [4.69, 9.17) is 9.84 Å². The van der Waals surface area contributed by atoms with Gasteiger partial charge in [-0.15, -0.1) is 0 Å². The number of hydrogen-bond acceptors (Lipinski definition) is 4. The predicted octanol–water partition coefficient (Wildman–Crippen LogP) is 1.53. The van der Waals surface area contributed by atoms with Crippen LogP contribution in [0.3, 0.4) is 0 Å². The molecule has 0 aliphatic carbocycles. The van der Waals surface area contributed by atoms with Gasteiger partial charge in [0.15, 0.2) is 6.10 Å². The molecule has 34 heavy (non-hydrogen) atoms. The zero-order valence-corrected chi connectivity index (χ0v) is 19.2. The molecule has 5 N–H and O–H groups in total. The number of carbonyl (C=O) groups is 3. The molecule has 3 rings (SSSR count). The Morgan fingerprint density at radius 2 is 1.91 bits per heavy atom. The van der Waals surface area contributed by atoms with E-state index in [1.54, 1.807) is 47.4 Å². The van der Waals surface area contributed by atoms with Gasteiger partial charge < -0.3 is 25.8 Å². The number of carboxylic acids is 1. The van der Waals surface area contributed by atoms with Crippen molar-refractivity contribution >= 4 is 17.8 Å². The number of quaternary nitrogens is 1. The van der Waals surface area contributed by atoms with E-state index >= 15 is 0 Å². The minimum atomic E-state index is -1.05. The number of halogens is 1. The van der Waals surface area contributed by atoms with Crippen LogP contribution in [0.25, 0.3) is 0 Å². The summed E-state index contributed by atoms with van der Waals surface area (Å²) in [5, 5.41) is 11.8. The van der Waals surface area contributed by atoms with Crippen molar-refractivity contribution < 1.29 is 34.4 Å². The van der Waals surface area contributed by atoms with E-state index < -0.39 is 18.1 Å². The molecule has 0 radical (unpaired) electrons. The number of likely N-dealkylation sites (tertiary alicyclic amines) is 1. The maximum absolute atomic E-state index is 13.9. The van der Waals surface area contributed by atoms with Crippen molar-refractivity contribution in [2.45, 2.75) is 57.3 Å². The summed E-state index contributed by atoms with van der Waals surface area (Å²) >= 11 is 0. The van der Waals surface area contributed by atoms with Crippen LogP contribution in [0.1, 0.15) is 37.3 Å². The first-order valence-electron chi connectivity index (χ1n) is 11.4. The van der Waals surface area contributed by atoms with Crippen LogP contribution in [0.5, 0.6) is 5.75 Å². The van der Waals surface area contributed by atoms with E-state index in [0.717, 1.165) is 12.0 Å². The third-order valence-electron chi connectivity index (χ3n) is 5.86. The molecule has 182 valence electrons. The number of benzene rings is 2. The lowest BCUT2D eigenvalue weighted by atomic mass is 10.0. The molecule has 1 heterocycles. The van der Waals surface area contributed by atoms with Crippen molar-refractivity contribution in [2.24, 2.45) is 0 Å². The van der Waals surface area contributed by atoms with Gasteiger partial charge >= 0.3 is 5.97 Å². The van der Waals surface area contributed by atoms with Crippen molar-refractivity contribution in [1.82, 2.24) is 10.2 Å². The molecule has 1 unspecified atom stereocenters. The van der Waals surface area contributed by atoms with Gasteiger partial charge in [-0.3, -0.25) is 9.59 Å². The quantitative estimate of drug-likeness (QED) is 0.484. The fourth-order valence-electron chi connectivity index (χ4n) is 4.00. The Bertz CT molecular complexity index is 1010. The summed E-state index contributed by atoms with van der Waals surface area (Å²) in [6.07, 6.45) is 0.878. The van der Waals surface area contributed by atoms with Crippen molar-refractivity contribution in [3.63, 3.8) is 0 Å². The molecule has 1 aliphatic rings. The summed E-state index contributed by atoms with van der Waals surface area (Å²) < 4.78 is 19.2. The predicted molar refractivity (Wildman–Crippen MR) is 122 cm³/mol. The summed E-state index contributed by atoms with van der Waals surface area (Å²) in [5.41, 5.74) is 5.36. The molecule has 0 spiro atoms. The highest BCUT2D eigenvalue weighted by Gasteiger charge is 2.34. The van der Waals surface area contributed by atoms with E-state index in [2.05, 4.69) is 11.1 Å². The lowest BCUT2D eigenvalue weighted by Crippen LogP contribution is -2.63. The minimum absolute atomic E-state index is 0.147. The van der Waals surface area contributed by atoms with Gasteiger partial charge in [0, 0.05) is 19.5 Å². The third kappa shape index (κ3) is 6.77. The number of hydrogen-bond donors (Lipinski definition) is 3. The standard InChI is InChI=1S/C25H30FN3O5/c1-16(25(32)33)34-20-10-8-17(9-11-20)15-28-24(31)22-7-4-12-29(22)23(30)14-19(27)13-18-5-2-3-6-21(18)26/h2-3,5-6,8-11,16,19,22H,4,7,12-15,27H2,1H3,(H,28,31)(H,32,33)/p+1/t16-,19?,22+/m1/s1. The van der Waals surface area contributed by atoms with Gasteiger partial charge in [-0.2, -0.15) is 0 Å². The number of rotatable bonds is 10. The largest absolute Gasteiger partial charge is 0.479 e. The first-order chi connectivity index (χ1) is 16.2. The molecule has 0 bridgehead atoms. The Kier molecular flexibility index (Phi) is 8.59. The van der Waals surface area contributed by atoms with Crippen molar-refractivity contribution in [3.05, 3.63) is 65.5 Å². The normalized spacial score (nSPS) is 17.1. The Morgan fingerprint density at radius 1 is 1.21 bits per heavy atom. The van der Waals surface area contributed by atoms with Crippen LogP contribution in [0.2, 0.25) is 0 Å². The van der Waals surface area contributed by atoms with Crippen molar-refractivity contribution in [2.75, 3.05) is 6.54 Å². The Balaban J connectivity index is 1.50. The van der Waals surface area contributed by atoms with Crippen LogP contribution >= 0.6 is 0 Å². The highest BCUT2D eigenvalue weighted by molar-refractivity contribution is 5.88. The second kappa shape index (κ2) is 11.6. The Hall–Kier alpha value is -3.46. The number of carboxylic acid groups (broad SMARTS) is 1. The summed E-state index contributed by atoms with van der Waals surface area (Å²) in [5.74, 6) is -1.30. The molecule has 2 amide bonds. The van der Waals surface area contributed by atoms with Crippen LogP contribution < -0.4 is 15.8 Å². The summed E-state index contributed by atoms with van der Waals surface area (Å²) in [6, 6.07) is 12.4. The Morgan fingerprint density at radius 3 is 2.59 bits per heavy atom. The summed E-state index contributed by atoms with van der Waals surface area (Å²) in [4.78, 5) is 38.1. The number of ether oxygens (including phenoxy) is 1. The van der Waals surface area contributed by atoms with Crippen LogP contribution in [0.15, 0.2) is 48.5 Å². The molecule has 1 fully saturated rings. The lowest BCUT2D eigenvalue weighted by molar-refractivity contribution is -0.418. The molecular formula is C25H31FN3O5+. The molecule has 0 saturated carbocycles. The van der Waals surface area contributed by atoms with E-state index in [1.165, 1.54) is 13.0 Å². The lowest BCUT2D eigenvalue weighted by Gasteiger charge is -2.25. The maximum Gasteiger partial charge on any atom is 0.344 e. The second-order valence-corrected chi connectivity index (χ2v) is 8.57. The van der Waals surface area contributed by atoms with Gasteiger partial charge in [-0.25, -0.2) is 9.18 Å². The van der Waals surface area contributed by atoms with Gasteiger partial charge in [0.2, 0.25) is 11.8 Å². The molecule has 8 nitrogen and oxygen atoms in total. The van der Waals surface area contributed by atoms with Gasteiger partial charge in [0.25, 0.3) is 0 Å². The number of aliphatic carboxylic acids is 1. The molecular weight excluding hydrogens is 441 g/mol. The van der Waals surface area contributed by atoms with Crippen LogP contribution in [-0.2, 0) is 27.3 Å². The number of carbonyl (C=O) groups excluding carboxylic acids is 2. The first kappa shape index (κ1) is 25.2. The fourth-order valence-corrected chi connectivity index (χ4v) is 4.00. The average molecular weight is 473 g/mol. The molecule has 0 aromatic heterocycles. The number of amides is 2. The van der Waals surface area contributed by atoms with Gasteiger partial charge in [-0.05, 0) is 49.1 Å². The van der Waals surface area contributed by atoms with E-state index in [1.807, 2.05) is 0 Å². The van der Waals surface area contributed by atoms with Gasteiger partial charge in [0.1, 0.15) is 17.6 Å². The number of nitrogens with one attached hydrogen (secondary N) is 1. The van der Waals surface area contributed by atoms with Crippen molar-refractivity contribution in [3.8, 4) is 5.75 Å². The zero-order chi connectivity index (χ0) is 24.7. The second-order valence-electron chi connectivity index (χ2n) is 8.57. The highest BCUT2D eigenvalue weighted by Crippen LogP contribution is 2.20. The van der Waals surface area contributed by atoms with E-state index in [0.29, 0.717) is 30.7 Å². The van der Waals surface area contributed by atoms with Crippen LogP contribution in [0.4, 0.5) is 4.39 Å². The topological polar surface area (TPSA) is 124 Å². The SMILES string of the molecule is C[C@@H](Oc1ccc(CNC(=O)[C@@H]2CCCN2C(=O)CC([NH3+])Cc2ccccc2F)cc1)C(=O)O.